The minimum absolute atomic E-state index is 0.108. The van der Waals surface area contributed by atoms with E-state index < -0.39 is 34.5 Å². The molecule has 0 bridgehead atoms. The van der Waals surface area contributed by atoms with Gasteiger partial charge in [-0.25, -0.2) is 14.7 Å². The lowest BCUT2D eigenvalue weighted by atomic mass is 10.0. The average Bonchev–Trinajstić information content (AvgIpc) is 2.48. The highest BCUT2D eigenvalue weighted by molar-refractivity contribution is 5.89. The summed E-state index contributed by atoms with van der Waals surface area (Å²) in [6.45, 7) is 18.4. The van der Waals surface area contributed by atoms with Crippen molar-refractivity contribution in [2.24, 2.45) is 0 Å². The fourth-order valence-electron chi connectivity index (χ4n) is 1.74. The number of hydrogen-bond donors (Lipinski definition) is 2. The first-order valence-corrected chi connectivity index (χ1v) is 9.89. The molecular formula is C21H41N3O7. The summed E-state index contributed by atoms with van der Waals surface area (Å²) in [5.41, 5.74) is -3.11. The number of nitrogens with zero attached hydrogens (tertiary/aromatic N) is 1. The molecule has 3 amide bonds. The fourth-order valence-corrected chi connectivity index (χ4v) is 1.74. The molecule has 0 aromatic rings. The van der Waals surface area contributed by atoms with E-state index in [0.29, 0.717) is 0 Å². The highest BCUT2D eigenvalue weighted by Gasteiger charge is 2.34. The zero-order chi connectivity index (χ0) is 25.4. The van der Waals surface area contributed by atoms with Gasteiger partial charge in [-0.2, -0.15) is 0 Å². The number of alkyl carbamates (subject to hydrolysis) is 2. The number of Topliss-reactive ketones (excluding diaryl/α,β-unsaturated/α-hetero) is 1. The molecule has 0 rings (SSSR count). The molecule has 10 heteroatoms. The molecule has 0 saturated heterocycles. The lowest BCUT2D eigenvalue weighted by molar-refractivity contribution is -0.174. The van der Waals surface area contributed by atoms with E-state index in [0.717, 1.165) is 5.06 Å². The molecule has 0 atom stereocenters. The number of ether oxygens (including phenoxy) is 2. The molecule has 0 radical (unpaired) electrons. The van der Waals surface area contributed by atoms with Crippen LogP contribution in [-0.4, -0.2) is 65.4 Å². The smallest absolute Gasteiger partial charge is 0.408 e. The van der Waals surface area contributed by atoms with E-state index in [-0.39, 0.29) is 11.7 Å². The van der Waals surface area contributed by atoms with Crippen LogP contribution in [0.4, 0.5) is 9.59 Å². The predicted octanol–water partition coefficient (Wildman–Crippen LogP) is 3.19. The molecule has 31 heavy (non-hydrogen) atoms. The Morgan fingerprint density at radius 2 is 1.00 bits per heavy atom. The Hall–Kier alpha value is -2.36. The lowest BCUT2D eigenvalue weighted by Gasteiger charge is -2.30. The van der Waals surface area contributed by atoms with Crippen molar-refractivity contribution in [2.45, 2.75) is 98.4 Å². The number of carbonyl (C=O) groups is 4. The van der Waals surface area contributed by atoms with Crippen molar-refractivity contribution in [3.05, 3.63) is 0 Å². The number of hydroxylamine groups is 2. The summed E-state index contributed by atoms with van der Waals surface area (Å²) < 4.78 is 10.1. The summed E-state index contributed by atoms with van der Waals surface area (Å²) in [6.07, 6.45) is -1.21. The molecule has 0 fully saturated rings. The zero-order valence-corrected chi connectivity index (χ0v) is 21.3. The van der Waals surface area contributed by atoms with Crippen LogP contribution in [0.25, 0.3) is 0 Å². The second-order valence-electron chi connectivity index (χ2n) is 10.0. The van der Waals surface area contributed by atoms with Gasteiger partial charge < -0.3 is 20.1 Å². The van der Waals surface area contributed by atoms with Gasteiger partial charge in [-0.3, -0.25) is 14.4 Å². The summed E-state index contributed by atoms with van der Waals surface area (Å²) in [7, 11) is 2.85. The monoisotopic (exact) mass is 447 g/mol. The van der Waals surface area contributed by atoms with Gasteiger partial charge in [0.1, 0.15) is 16.7 Å². The van der Waals surface area contributed by atoms with Crippen LogP contribution in [0.3, 0.4) is 0 Å². The van der Waals surface area contributed by atoms with E-state index in [2.05, 4.69) is 10.6 Å². The Bertz CT molecular complexity index is 644. The summed E-state index contributed by atoms with van der Waals surface area (Å²) in [4.78, 5) is 50.5. The first kappa shape index (κ1) is 30.8. The van der Waals surface area contributed by atoms with E-state index in [1.54, 1.807) is 69.2 Å². The molecular weight excluding hydrogens is 406 g/mol. The molecule has 0 aliphatic heterocycles. The number of rotatable bonds is 5. The van der Waals surface area contributed by atoms with Crippen molar-refractivity contribution in [1.82, 2.24) is 15.7 Å². The van der Waals surface area contributed by atoms with Crippen LogP contribution >= 0.6 is 0 Å². The molecule has 0 saturated carbocycles. The van der Waals surface area contributed by atoms with E-state index in [1.165, 1.54) is 21.1 Å². The molecule has 2 N–H and O–H groups in total. The largest absolute Gasteiger partial charge is 0.444 e. The predicted molar refractivity (Wildman–Crippen MR) is 117 cm³/mol. The van der Waals surface area contributed by atoms with Crippen molar-refractivity contribution in [3.8, 4) is 0 Å². The van der Waals surface area contributed by atoms with Crippen molar-refractivity contribution < 1.29 is 33.5 Å². The topological polar surface area (TPSA) is 123 Å². The number of hydrogen-bond acceptors (Lipinski definition) is 7. The van der Waals surface area contributed by atoms with Gasteiger partial charge in [0.25, 0.3) is 5.91 Å². The molecule has 0 spiro atoms. The first-order valence-electron chi connectivity index (χ1n) is 9.89. The van der Waals surface area contributed by atoms with Crippen LogP contribution in [0.2, 0.25) is 0 Å². The Kier molecular flexibility index (Phi) is 11.3. The maximum absolute atomic E-state index is 11.8. The third-order valence-corrected chi connectivity index (χ3v) is 3.60. The van der Waals surface area contributed by atoms with Crippen LogP contribution in [0.5, 0.6) is 0 Å². The summed E-state index contributed by atoms with van der Waals surface area (Å²) >= 11 is 0. The maximum Gasteiger partial charge on any atom is 0.408 e. The first-order chi connectivity index (χ1) is 13.5. The Morgan fingerprint density at radius 3 is 1.26 bits per heavy atom. The van der Waals surface area contributed by atoms with Gasteiger partial charge in [0, 0.05) is 7.05 Å². The molecule has 182 valence electrons. The number of amides is 3. The van der Waals surface area contributed by atoms with Crippen molar-refractivity contribution in [2.75, 3.05) is 14.2 Å². The van der Waals surface area contributed by atoms with Crippen LogP contribution in [-0.2, 0) is 23.9 Å². The number of nitrogens with one attached hydrogen (secondary N) is 2. The van der Waals surface area contributed by atoms with E-state index in [4.69, 9.17) is 14.3 Å². The Balaban J connectivity index is 0. The van der Waals surface area contributed by atoms with Gasteiger partial charge in [0.05, 0.1) is 12.6 Å². The molecule has 0 aliphatic carbocycles. The number of carbonyl (C=O) groups excluding carboxylic acids is 4. The second kappa shape index (κ2) is 11.3. The van der Waals surface area contributed by atoms with Gasteiger partial charge in [-0.05, 0) is 76.2 Å². The van der Waals surface area contributed by atoms with Gasteiger partial charge in [0.15, 0.2) is 5.78 Å². The third kappa shape index (κ3) is 14.3. The second-order valence-corrected chi connectivity index (χ2v) is 10.0. The van der Waals surface area contributed by atoms with E-state index in [9.17, 15) is 19.2 Å². The summed E-state index contributed by atoms with van der Waals surface area (Å²) in [5.74, 6) is -0.478. The number of likely N-dealkylation sites (N-methyl/N-ethyl adjacent to an activating group) is 1. The minimum Gasteiger partial charge on any atom is -0.444 e. The van der Waals surface area contributed by atoms with E-state index in [1.807, 2.05) is 0 Å². The van der Waals surface area contributed by atoms with Crippen molar-refractivity contribution in [1.29, 1.82) is 0 Å². The molecule has 0 aromatic carbocycles. The summed E-state index contributed by atoms with van der Waals surface area (Å²) in [6, 6.07) is 0. The lowest BCUT2D eigenvalue weighted by Crippen LogP contribution is -2.55. The average molecular weight is 448 g/mol. The molecule has 0 unspecified atom stereocenters. The van der Waals surface area contributed by atoms with Crippen molar-refractivity contribution in [3.63, 3.8) is 0 Å². The highest BCUT2D eigenvalue weighted by atomic mass is 16.7. The van der Waals surface area contributed by atoms with E-state index >= 15 is 0 Å². The summed E-state index contributed by atoms with van der Waals surface area (Å²) in [5, 5.41) is 6.05. The van der Waals surface area contributed by atoms with Crippen molar-refractivity contribution >= 4 is 23.9 Å². The fraction of sp³-hybridized carbons (Fsp3) is 0.810. The number of ketones is 1. The van der Waals surface area contributed by atoms with Gasteiger partial charge >= 0.3 is 12.2 Å². The quantitative estimate of drug-likeness (QED) is 0.620. The minimum atomic E-state index is -1.09. The maximum atomic E-state index is 11.8. The van der Waals surface area contributed by atoms with Crippen LogP contribution < -0.4 is 10.6 Å². The standard InChI is InChI=1S/C11H22N2O4.C10H19NO3/c1-10(2,3)17-9(15)12-11(4,5)8(14)13(6)16-7;1-7(12)10(5,6)11-8(13)14-9(2,3)4/h1-7H3,(H,12,15);1-6H3,(H,11,13). The highest BCUT2D eigenvalue weighted by Crippen LogP contribution is 2.12. The molecule has 10 nitrogen and oxygen atoms in total. The van der Waals surface area contributed by atoms with Gasteiger partial charge in [-0.15, -0.1) is 0 Å². The van der Waals surface area contributed by atoms with Crippen LogP contribution in [0.15, 0.2) is 0 Å². The van der Waals surface area contributed by atoms with Crippen LogP contribution in [0, 0.1) is 0 Å². The Morgan fingerprint density at radius 1 is 0.677 bits per heavy atom. The van der Waals surface area contributed by atoms with Gasteiger partial charge in [0.2, 0.25) is 0 Å². The van der Waals surface area contributed by atoms with Gasteiger partial charge in [-0.1, -0.05) is 0 Å². The molecule has 0 aliphatic rings. The third-order valence-electron chi connectivity index (χ3n) is 3.60. The molecule has 0 heterocycles. The molecule has 0 aromatic heterocycles. The normalized spacial score (nSPS) is 12.0. The Labute approximate surface area is 186 Å². The SMILES string of the molecule is CC(=O)C(C)(C)NC(=O)OC(C)(C)C.CON(C)C(=O)C(C)(C)NC(=O)OC(C)(C)C. The zero-order valence-electron chi connectivity index (χ0n) is 21.3. The van der Waals surface area contributed by atoms with Crippen LogP contribution in [0.1, 0.15) is 76.2 Å².